The van der Waals surface area contributed by atoms with E-state index in [0.29, 0.717) is 38.0 Å². The number of anilines is 1. The molecule has 4 rings (SSSR count). The molecular weight excluding hydrogens is 414 g/mol. The van der Waals surface area contributed by atoms with Gasteiger partial charge in [0.25, 0.3) is 0 Å². The SMILES string of the molecule is CC(C)(C)OC(=O)N1CCC(c2nc(-c3ccc(C=N)c(NC4COC4)c3)ns2)CC1. The Morgan fingerprint density at radius 3 is 2.68 bits per heavy atom. The van der Waals surface area contributed by atoms with Gasteiger partial charge in [-0.2, -0.15) is 4.37 Å². The summed E-state index contributed by atoms with van der Waals surface area (Å²) in [5.41, 5.74) is 2.19. The van der Waals surface area contributed by atoms with Gasteiger partial charge in [0, 0.05) is 42.0 Å². The van der Waals surface area contributed by atoms with Crippen molar-refractivity contribution in [3.8, 4) is 11.4 Å². The first-order valence-electron chi connectivity index (χ1n) is 10.6. The molecule has 2 fully saturated rings. The summed E-state index contributed by atoms with van der Waals surface area (Å²) in [4.78, 5) is 18.9. The molecule has 1 aromatic carbocycles. The number of nitrogens with one attached hydrogen (secondary N) is 2. The van der Waals surface area contributed by atoms with E-state index in [2.05, 4.69) is 9.69 Å². The Morgan fingerprint density at radius 2 is 2.06 bits per heavy atom. The van der Waals surface area contributed by atoms with Gasteiger partial charge in [0.15, 0.2) is 5.82 Å². The van der Waals surface area contributed by atoms with Crippen molar-refractivity contribution in [1.29, 1.82) is 5.41 Å². The lowest BCUT2D eigenvalue weighted by molar-refractivity contribution is 0.0204. The van der Waals surface area contributed by atoms with Crippen LogP contribution < -0.4 is 5.32 Å². The summed E-state index contributed by atoms with van der Waals surface area (Å²) in [7, 11) is 0. The number of amides is 1. The van der Waals surface area contributed by atoms with Crippen LogP contribution in [-0.4, -0.2) is 64.5 Å². The van der Waals surface area contributed by atoms with E-state index in [1.807, 2.05) is 39.0 Å². The molecule has 1 amide bonds. The maximum Gasteiger partial charge on any atom is 0.410 e. The Morgan fingerprint density at radius 1 is 1.32 bits per heavy atom. The zero-order chi connectivity index (χ0) is 22.0. The predicted octanol–water partition coefficient (Wildman–Crippen LogP) is 4.13. The summed E-state index contributed by atoms with van der Waals surface area (Å²) in [6.45, 7) is 8.35. The predicted molar refractivity (Wildman–Crippen MR) is 121 cm³/mol. The highest BCUT2D eigenvalue weighted by Crippen LogP contribution is 2.32. The fourth-order valence-corrected chi connectivity index (χ4v) is 4.48. The lowest BCUT2D eigenvalue weighted by Crippen LogP contribution is -2.41. The van der Waals surface area contributed by atoms with Gasteiger partial charge in [0.1, 0.15) is 10.6 Å². The summed E-state index contributed by atoms with van der Waals surface area (Å²) in [5.74, 6) is 1.01. The highest BCUT2D eigenvalue weighted by atomic mass is 32.1. The van der Waals surface area contributed by atoms with Crippen molar-refractivity contribution in [2.24, 2.45) is 0 Å². The van der Waals surface area contributed by atoms with Gasteiger partial charge < -0.3 is 25.1 Å². The molecule has 1 aromatic heterocycles. The van der Waals surface area contributed by atoms with E-state index in [0.717, 1.165) is 34.7 Å². The first kappa shape index (κ1) is 21.7. The third kappa shape index (κ3) is 5.22. The molecule has 2 aliphatic heterocycles. The highest BCUT2D eigenvalue weighted by Gasteiger charge is 2.29. The van der Waals surface area contributed by atoms with Crippen molar-refractivity contribution >= 4 is 29.5 Å². The second kappa shape index (κ2) is 8.92. The van der Waals surface area contributed by atoms with E-state index in [4.69, 9.17) is 19.9 Å². The average Bonchev–Trinajstić information content (AvgIpc) is 3.19. The summed E-state index contributed by atoms with van der Waals surface area (Å²) in [6.07, 6.45) is 2.82. The van der Waals surface area contributed by atoms with Gasteiger partial charge in [-0.25, -0.2) is 9.78 Å². The van der Waals surface area contributed by atoms with Crippen LogP contribution >= 0.6 is 11.5 Å². The molecular formula is C22H29N5O3S. The smallest absolute Gasteiger partial charge is 0.410 e. The number of benzene rings is 1. The topological polar surface area (TPSA) is 100 Å². The fraction of sp³-hybridized carbons (Fsp3) is 0.545. The third-order valence-corrected chi connectivity index (χ3v) is 6.28. The van der Waals surface area contributed by atoms with Crippen LogP contribution in [-0.2, 0) is 9.47 Å². The monoisotopic (exact) mass is 443 g/mol. The Bertz CT molecular complexity index is 943. The van der Waals surface area contributed by atoms with Crippen LogP contribution in [0.2, 0.25) is 0 Å². The molecule has 8 nitrogen and oxygen atoms in total. The Kier molecular flexibility index (Phi) is 6.24. The summed E-state index contributed by atoms with van der Waals surface area (Å²) in [6, 6.07) is 6.17. The molecule has 0 spiro atoms. The maximum absolute atomic E-state index is 12.3. The normalized spacial score (nSPS) is 17.8. The quantitative estimate of drug-likeness (QED) is 0.674. The van der Waals surface area contributed by atoms with E-state index in [9.17, 15) is 4.79 Å². The molecule has 0 radical (unpaired) electrons. The van der Waals surface area contributed by atoms with Gasteiger partial charge in [-0.05, 0) is 51.2 Å². The number of rotatable bonds is 5. The lowest BCUT2D eigenvalue weighted by Gasteiger charge is -2.32. The van der Waals surface area contributed by atoms with Gasteiger partial charge in [-0.1, -0.05) is 12.1 Å². The minimum atomic E-state index is -0.477. The van der Waals surface area contributed by atoms with E-state index >= 15 is 0 Å². The van der Waals surface area contributed by atoms with Crippen molar-refractivity contribution in [3.05, 3.63) is 28.8 Å². The molecule has 31 heavy (non-hydrogen) atoms. The van der Waals surface area contributed by atoms with Crippen LogP contribution in [0.5, 0.6) is 0 Å². The van der Waals surface area contributed by atoms with E-state index in [1.54, 1.807) is 4.90 Å². The number of likely N-dealkylation sites (tertiary alicyclic amines) is 1. The van der Waals surface area contributed by atoms with Gasteiger partial charge in [-0.15, -0.1) is 0 Å². The summed E-state index contributed by atoms with van der Waals surface area (Å²) < 4.78 is 15.3. The molecule has 0 atom stereocenters. The van der Waals surface area contributed by atoms with E-state index in [1.165, 1.54) is 17.7 Å². The minimum Gasteiger partial charge on any atom is -0.444 e. The van der Waals surface area contributed by atoms with Crippen molar-refractivity contribution < 1.29 is 14.3 Å². The highest BCUT2D eigenvalue weighted by molar-refractivity contribution is 7.05. The Labute approximate surface area is 186 Å². The van der Waals surface area contributed by atoms with Crippen LogP contribution in [0.4, 0.5) is 10.5 Å². The molecule has 166 valence electrons. The molecule has 2 aromatic rings. The molecule has 0 saturated carbocycles. The molecule has 2 N–H and O–H groups in total. The standard InChI is InChI=1S/C22H29N5O3S/c1-22(2,3)30-21(28)27-8-6-14(7-9-27)20-25-19(26-31-20)15-4-5-16(11-23)18(10-15)24-17-12-29-13-17/h4-5,10-11,14,17,23-24H,6-9,12-13H2,1-3H3. The molecule has 0 unspecified atom stereocenters. The average molecular weight is 444 g/mol. The van der Waals surface area contributed by atoms with E-state index < -0.39 is 5.60 Å². The molecule has 0 aliphatic carbocycles. The first-order valence-corrected chi connectivity index (χ1v) is 11.4. The number of carbonyl (C=O) groups excluding carboxylic acids is 1. The van der Waals surface area contributed by atoms with Gasteiger partial charge in [0.2, 0.25) is 0 Å². The van der Waals surface area contributed by atoms with E-state index in [-0.39, 0.29) is 12.1 Å². The second-order valence-corrected chi connectivity index (χ2v) is 9.81. The largest absolute Gasteiger partial charge is 0.444 e. The van der Waals surface area contributed by atoms with Crippen LogP contribution in [0.3, 0.4) is 0 Å². The van der Waals surface area contributed by atoms with Gasteiger partial charge >= 0.3 is 6.09 Å². The summed E-state index contributed by atoms with van der Waals surface area (Å²) in [5, 5.41) is 12.1. The van der Waals surface area contributed by atoms with Crippen LogP contribution in [0.1, 0.15) is 50.1 Å². The molecule has 2 saturated heterocycles. The van der Waals surface area contributed by atoms with Gasteiger partial charge in [0.05, 0.1) is 19.3 Å². The molecule has 2 aliphatic rings. The van der Waals surface area contributed by atoms with Crippen molar-refractivity contribution in [1.82, 2.24) is 14.3 Å². The number of ether oxygens (including phenoxy) is 2. The molecule has 9 heteroatoms. The maximum atomic E-state index is 12.3. The Hall–Kier alpha value is -2.52. The minimum absolute atomic E-state index is 0.243. The van der Waals surface area contributed by atoms with Crippen LogP contribution in [0.15, 0.2) is 18.2 Å². The number of piperidine rings is 1. The third-order valence-electron chi connectivity index (χ3n) is 5.40. The number of aromatic nitrogens is 2. The first-order chi connectivity index (χ1) is 14.8. The Balaban J connectivity index is 1.41. The number of hydrogen-bond acceptors (Lipinski definition) is 8. The van der Waals surface area contributed by atoms with Gasteiger partial charge in [-0.3, -0.25) is 0 Å². The fourth-order valence-electron chi connectivity index (χ4n) is 3.64. The van der Waals surface area contributed by atoms with Crippen molar-refractivity contribution in [3.63, 3.8) is 0 Å². The summed E-state index contributed by atoms with van der Waals surface area (Å²) >= 11 is 1.43. The second-order valence-electron chi connectivity index (χ2n) is 9.02. The number of hydrogen-bond donors (Lipinski definition) is 2. The molecule has 3 heterocycles. The zero-order valence-corrected chi connectivity index (χ0v) is 19.0. The van der Waals surface area contributed by atoms with Crippen molar-refractivity contribution in [2.75, 3.05) is 31.6 Å². The number of nitrogens with zero attached hydrogens (tertiary/aromatic N) is 3. The van der Waals surface area contributed by atoms with Crippen LogP contribution in [0.25, 0.3) is 11.4 Å². The van der Waals surface area contributed by atoms with Crippen LogP contribution in [0, 0.1) is 5.41 Å². The van der Waals surface area contributed by atoms with Crippen molar-refractivity contribution in [2.45, 2.75) is 51.2 Å². The number of carbonyl (C=O) groups is 1. The lowest BCUT2D eigenvalue weighted by atomic mass is 9.98. The zero-order valence-electron chi connectivity index (χ0n) is 18.2. The molecule has 0 bridgehead atoms.